The van der Waals surface area contributed by atoms with Crippen LogP contribution in [-0.4, -0.2) is 5.54 Å². The molecule has 0 amide bonds. The van der Waals surface area contributed by atoms with Crippen LogP contribution in [-0.2, 0) is 5.21 Å². The van der Waals surface area contributed by atoms with Gasteiger partial charge >= 0.3 is 0 Å². The molecule has 129 valence electrons. The van der Waals surface area contributed by atoms with Crippen molar-refractivity contribution in [3.63, 3.8) is 0 Å². The predicted octanol–water partition coefficient (Wildman–Crippen LogP) is 6.61. The maximum absolute atomic E-state index is 12.5. The molecule has 4 aromatic carbocycles. The first-order valence-corrected chi connectivity index (χ1v) is 8.93. The molecule has 0 N–H and O–H groups in total. The fraction of sp³-hybridized carbons (Fsp3) is 0.167. The average Bonchev–Trinajstić information content (AvgIpc) is 2.65. The third-order valence-electron chi connectivity index (χ3n) is 4.77. The van der Waals surface area contributed by atoms with Gasteiger partial charge in [-0.05, 0) is 71.6 Å². The summed E-state index contributed by atoms with van der Waals surface area (Å²) >= 11 is 0. The number of anilines is 1. The highest BCUT2D eigenvalue weighted by molar-refractivity contribution is 6.12. The number of rotatable bonds is 2. The molecule has 2 nitrogen and oxygen atoms in total. The van der Waals surface area contributed by atoms with Crippen molar-refractivity contribution in [1.82, 2.24) is 0 Å². The molecule has 0 aromatic heterocycles. The molecule has 0 unspecified atom stereocenters. The molecule has 0 spiro atoms. The third kappa shape index (κ3) is 2.83. The van der Waals surface area contributed by atoms with E-state index in [1.165, 1.54) is 27.1 Å². The lowest BCUT2D eigenvalue weighted by molar-refractivity contribution is 0.102. The SMILES string of the molecule is CC(C)(C)N([O])c1ccc(-c2c3ccccc3cc3ccccc23)cc1. The molecule has 0 aliphatic rings. The summed E-state index contributed by atoms with van der Waals surface area (Å²) in [4.78, 5) is 0. The summed E-state index contributed by atoms with van der Waals surface area (Å²) in [6.07, 6.45) is 0. The van der Waals surface area contributed by atoms with Crippen LogP contribution < -0.4 is 5.06 Å². The fourth-order valence-electron chi connectivity index (χ4n) is 3.48. The van der Waals surface area contributed by atoms with Crippen LogP contribution in [0.1, 0.15) is 20.8 Å². The largest absolute Gasteiger partial charge is 0.215 e. The molecule has 0 saturated heterocycles. The molecule has 26 heavy (non-hydrogen) atoms. The molecule has 1 radical (unpaired) electrons. The highest BCUT2D eigenvalue weighted by atomic mass is 16.5. The highest BCUT2D eigenvalue weighted by Gasteiger charge is 2.21. The van der Waals surface area contributed by atoms with E-state index in [1.54, 1.807) is 0 Å². The summed E-state index contributed by atoms with van der Waals surface area (Å²) in [6.45, 7) is 5.77. The van der Waals surface area contributed by atoms with Gasteiger partial charge in [0.15, 0.2) is 0 Å². The molecule has 0 aliphatic heterocycles. The van der Waals surface area contributed by atoms with E-state index in [4.69, 9.17) is 0 Å². The van der Waals surface area contributed by atoms with E-state index in [2.05, 4.69) is 66.7 Å². The number of nitrogens with zero attached hydrogens (tertiary/aromatic N) is 1. The summed E-state index contributed by atoms with van der Waals surface area (Å²) in [6, 6.07) is 27.1. The molecule has 0 atom stereocenters. The number of hydrogen-bond acceptors (Lipinski definition) is 1. The molecule has 0 bridgehead atoms. The van der Waals surface area contributed by atoms with Crippen molar-refractivity contribution in [3.8, 4) is 11.1 Å². The summed E-state index contributed by atoms with van der Waals surface area (Å²) < 4.78 is 0. The molecule has 0 saturated carbocycles. The third-order valence-corrected chi connectivity index (χ3v) is 4.77. The van der Waals surface area contributed by atoms with Crippen molar-refractivity contribution in [2.24, 2.45) is 0 Å². The van der Waals surface area contributed by atoms with Crippen LogP contribution in [0, 0.1) is 0 Å². The first-order valence-electron chi connectivity index (χ1n) is 8.93. The number of hydrogen-bond donors (Lipinski definition) is 0. The highest BCUT2D eigenvalue weighted by Crippen LogP contribution is 2.37. The number of hydroxylamine groups is 1. The number of fused-ring (bicyclic) bond motifs is 2. The Bertz CT molecular complexity index is 1020. The Morgan fingerprint density at radius 3 is 1.69 bits per heavy atom. The number of benzene rings is 4. The van der Waals surface area contributed by atoms with Gasteiger partial charge in [0.05, 0.1) is 11.2 Å². The Morgan fingerprint density at radius 1 is 0.692 bits per heavy atom. The van der Waals surface area contributed by atoms with Crippen molar-refractivity contribution < 1.29 is 5.21 Å². The van der Waals surface area contributed by atoms with E-state index in [1.807, 2.05) is 32.9 Å². The Balaban J connectivity index is 1.93. The zero-order chi connectivity index (χ0) is 18.3. The van der Waals surface area contributed by atoms with Gasteiger partial charge in [0, 0.05) is 0 Å². The first kappa shape index (κ1) is 16.6. The van der Waals surface area contributed by atoms with Crippen molar-refractivity contribution in [1.29, 1.82) is 0 Å². The quantitative estimate of drug-likeness (QED) is 0.297. The monoisotopic (exact) mass is 340 g/mol. The normalized spacial score (nSPS) is 11.8. The lowest BCUT2D eigenvalue weighted by atomic mass is 9.92. The molecular formula is C24H22NO. The van der Waals surface area contributed by atoms with E-state index in [0.29, 0.717) is 5.69 Å². The summed E-state index contributed by atoms with van der Waals surface area (Å²) in [5.41, 5.74) is 2.58. The zero-order valence-corrected chi connectivity index (χ0v) is 15.4. The van der Waals surface area contributed by atoms with Gasteiger partial charge in [-0.15, -0.1) is 0 Å². The van der Waals surface area contributed by atoms with Gasteiger partial charge in [0.1, 0.15) is 0 Å². The topological polar surface area (TPSA) is 23.1 Å². The summed E-state index contributed by atoms with van der Waals surface area (Å²) in [5, 5.41) is 18.4. The Hall–Kier alpha value is -2.84. The maximum atomic E-state index is 12.5. The second-order valence-corrected chi connectivity index (χ2v) is 7.71. The minimum absolute atomic E-state index is 0.451. The Labute approximate surface area is 154 Å². The smallest absolute Gasteiger partial charge is 0.0674 e. The minimum Gasteiger partial charge on any atom is -0.215 e. The van der Waals surface area contributed by atoms with E-state index in [9.17, 15) is 5.21 Å². The van der Waals surface area contributed by atoms with Crippen molar-refractivity contribution in [2.45, 2.75) is 26.3 Å². The van der Waals surface area contributed by atoms with Crippen LogP contribution in [0.15, 0.2) is 78.9 Å². The first-order chi connectivity index (χ1) is 12.4. The molecule has 2 heteroatoms. The van der Waals surface area contributed by atoms with E-state index < -0.39 is 5.54 Å². The maximum Gasteiger partial charge on any atom is 0.0674 e. The molecule has 0 aliphatic carbocycles. The van der Waals surface area contributed by atoms with Crippen LogP contribution >= 0.6 is 0 Å². The van der Waals surface area contributed by atoms with Gasteiger partial charge in [-0.1, -0.05) is 65.9 Å². The van der Waals surface area contributed by atoms with Gasteiger partial charge in [0.2, 0.25) is 0 Å². The van der Waals surface area contributed by atoms with E-state index in [-0.39, 0.29) is 0 Å². The van der Waals surface area contributed by atoms with Crippen LogP contribution in [0.3, 0.4) is 0 Å². The summed E-state index contributed by atoms with van der Waals surface area (Å²) in [7, 11) is 0. The zero-order valence-electron chi connectivity index (χ0n) is 15.4. The fourth-order valence-corrected chi connectivity index (χ4v) is 3.48. The van der Waals surface area contributed by atoms with Crippen LogP contribution in [0.4, 0.5) is 5.69 Å². The van der Waals surface area contributed by atoms with Gasteiger partial charge in [-0.2, -0.15) is 0 Å². The second kappa shape index (κ2) is 6.15. The van der Waals surface area contributed by atoms with Crippen LogP contribution in [0.2, 0.25) is 0 Å². The van der Waals surface area contributed by atoms with Crippen molar-refractivity contribution in [2.75, 3.05) is 5.06 Å². The van der Waals surface area contributed by atoms with Crippen LogP contribution in [0.5, 0.6) is 0 Å². The Kier molecular flexibility index (Phi) is 3.93. The lowest BCUT2D eigenvalue weighted by Gasteiger charge is -2.28. The van der Waals surface area contributed by atoms with Gasteiger partial charge < -0.3 is 0 Å². The molecule has 4 aromatic rings. The molecule has 0 fully saturated rings. The van der Waals surface area contributed by atoms with E-state index >= 15 is 0 Å². The standard InChI is InChI=1S/C24H22NO/c1-24(2,3)25(26)20-14-12-17(13-15-20)23-21-10-6-4-8-18(21)16-19-9-5-7-11-22(19)23/h4-16H,1-3H3. The van der Waals surface area contributed by atoms with E-state index in [0.717, 1.165) is 10.6 Å². The van der Waals surface area contributed by atoms with Crippen molar-refractivity contribution in [3.05, 3.63) is 78.9 Å². The van der Waals surface area contributed by atoms with Gasteiger partial charge in [-0.25, -0.2) is 5.06 Å². The van der Waals surface area contributed by atoms with Crippen LogP contribution in [0.25, 0.3) is 32.7 Å². The Morgan fingerprint density at radius 2 is 1.19 bits per heavy atom. The average molecular weight is 340 g/mol. The van der Waals surface area contributed by atoms with Gasteiger partial charge in [0.25, 0.3) is 0 Å². The summed E-state index contributed by atoms with van der Waals surface area (Å²) in [5.74, 6) is 0. The lowest BCUT2D eigenvalue weighted by Crippen LogP contribution is -2.37. The van der Waals surface area contributed by atoms with Crippen molar-refractivity contribution >= 4 is 27.2 Å². The minimum atomic E-state index is -0.451. The van der Waals surface area contributed by atoms with Gasteiger partial charge in [-0.3, -0.25) is 0 Å². The molecule has 4 rings (SSSR count). The molecule has 0 heterocycles. The second-order valence-electron chi connectivity index (χ2n) is 7.71. The molecular weight excluding hydrogens is 318 g/mol. The predicted molar refractivity (Wildman–Crippen MR) is 110 cm³/mol.